The Morgan fingerprint density at radius 1 is 1.10 bits per heavy atom. The van der Waals surface area contributed by atoms with Gasteiger partial charge in [-0.3, -0.25) is 4.79 Å². The second-order valence-electron chi connectivity index (χ2n) is 9.12. The maximum Gasteiger partial charge on any atom is 0.329 e. The number of carboxylic acid groups (broad SMARTS) is 1. The van der Waals surface area contributed by atoms with Gasteiger partial charge in [-0.2, -0.15) is 9.72 Å². The monoisotopic (exact) mass is 460 g/mol. The number of methoxy groups -OCH3 is 1. The highest BCUT2D eigenvalue weighted by atomic mass is 28.4. The van der Waals surface area contributed by atoms with Crippen LogP contribution in [0.15, 0.2) is 17.3 Å². The Labute approximate surface area is 182 Å². The molecule has 0 unspecified atom stereocenters. The lowest BCUT2D eigenvalue weighted by Crippen LogP contribution is -2.59. The third-order valence-electron chi connectivity index (χ3n) is 4.73. The van der Waals surface area contributed by atoms with Gasteiger partial charge in [-0.25, -0.2) is 4.79 Å². The lowest BCUT2D eigenvalue weighted by atomic mass is 10.2. The van der Waals surface area contributed by atoms with Crippen molar-refractivity contribution in [1.82, 2.24) is 4.73 Å². The maximum atomic E-state index is 16.6. The molecule has 0 fully saturated rings. The SMILES string of the molecule is COc1cc(=NC(=O)COCCOCC(=O)O)n(O)cc1[Si](F)(C(C)(C)C)C(C)(C)C. The Morgan fingerprint density at radius 3 is 2.06 bits per heavy atom. The van der Waals surface area contributed by atoms with Gasteiger partial charge in [-0.1, -0.05) is 41.5 Å². The summed E-state index contributed by atoms with van der Waals surface area (Å²) in [7, 11) is -2.35. The third-order valence-corrected chi connectivity index (χ3v) is 9.98. The number of pyridine rings is 1. The molecule has 176 valence electrons. The average Bonchev–Trinajstić information content (AvgIpc) is 2.63. The van der Waals surface area contributed by atoms with Crippen molar-refractivity contribution in [2.24, 2.45) is 4.99 Å². The predicted molar refractivity (Wildman–Crippen MR) is 114 cm³/mol. The Morgan fingerprint density at radius 2 is 1.61 bits per heavy atom. The Kier molecular flexibility index (Phi) is 8.97. The van der Waals surface area contributed by atoms with E-state index in [0.29, 0.717) is 4.73 Å². The summed E-state index contributed by atoms with van der Waals surface area (Å²) in [5, 5.41) is 17.7. The number of carboxylic acids is 1. The molecular weight excluding hydrogens is 427 g/mol. The number of hydrogen-bond donors (Lipinski definition) is 2. The average molecular weight is 461 g/mol. The summed E-state index contributed by atoms with van der Waals surface area (Å²) in [5.74, 6) is -1.58. The van der Waals surface area contributed by atoms with Gasteiger partial charge in [-0.05, 0) is 10.1 Å². The van der Waals surface area contributed by atoms with E-state index in [1.54, 1.807) is 0 Å². The predicted octanol–water partition coefficient (Wildman–Crippen LogP) is 2.00. The number of carbonyl (C=O) groups excluding carboxylic acids is 1. The van der Waals surface area contributed by atoms with Crippen LogP contribution in [-0.2, 0) is 19.1 Å². The minimum atomic E-state index is -3.74. The standard InChI is InChI=1S/C20H33FN2O7Si/c1-19(2,3)31(21,20(4,5)6)15-11-23(27)16(10-14(15)28-7)22-17(24)12-29-8-9-30-13-18(25)26/h10-11,27H,8-9,12-13H2,1-7H3,(H,25,26). The zero-order valence-corrected chi connectivity index (χ0v) is 20.2. The molecule has 0 aromatic carbocycles. The second kappa shape index (κ2) is 10.4. The molecular formula is C20H33FN2O7Si. The topological polar surface area (TPSA) is 120 Å². The number of hydrogen-bond acceptors (Lipinski definition) is 6. The van der Waals surface area contributed by atoms with E-state index < -0.39 is 43.6 Å². The highest BCUT2D eigenvalue weighted by molar-refractivity contribution is 6.91. The molecule has 0 saturated carbocycles. The number of carbonyl (C=O) groups is 2. The molecule has 0 spiro atoms. The van der Waals surface area contributed by atoms with E-state index >= 15 is 4.11 Å². The van der Waals surface area contributed by atoms with Crippen LogP contribution in [0.2, 0.25) is 10.1 Å². The molecule has 1 aromatic rings. The molecule has 9 nitrogen and oxygen atoms in total. The van der Waals surface area contributed by atoms with E-state index in [0.717, 1.165) is 0 Å². The smallest absolute Gasteiger partial charge is 0.329 e. The van der Waals surface area contributed by atoms with Crippen molar-refractivity contribution in [3.63, 3.8) is 0 Å². The first-order chi connectivity index (χ1) is 14.1. The van der Waals surface area contributed by atoms with Gasteiger partial charge in [0.25, 0.3) is 14.3 Å². The lowest BCUT2D eigenvalue weighted by molar-refractivity contribution is -0.143. The third kappa shape index (κ3) is 6.62. The summed E-state index contributed by atoms with van der Waals surface area (Å²) in [5.41, 5.74) is -0.129. The van der Waals surface area contributed by atoms with E-state index in [4.69, 9.17) is 19.3 Å². The van der Waals surface area contributed by atoms with Crippen molar-refractivity contribution < 1.29 is 38.2 Å². The number of aliphatic carboxylic acids is 1. The van der Waals surface area contributed by atoms with Gasteiger partial charge >= 0.3 is 5.97 Å². The van der Waals surface area contributed by atoms with Crippen molar-refractivity contribution >= 4 is 25.5 Å². The maximum absolute atomic E-state index is 16.6. The van der Waals surface area contributed by atoms with E-state index in [9.17, 15) is 14.8 Å². The van der Waals surface area contributed by atoms with Crippen molar-refractivity contribution in [3.05, 3.63) is 17.8 Å². The minimum absolute atomic E-state index is 0.00304. The fourth-order valence-electron chi connectivity index (χ4n) is 3.55. The molecule has 11 heteroatoms. The minimum Gasteiger partial charge on any atom is -0.497 e. The highest BCUT2D eigenvalue weighted by Gasteiger charge is 2.58. The van der Waals surface area contributed by atoms with Crippen molar-refractivity contribution in [2.45, 2.75) is 51.6 Å². The van der Waals surface area contributed by atoms with E-state index in [2.05, 4.69) is 4.99 Å². The first-order valence-electron chi connectivity index (χ1n) is 9.79. The fourth-order valence-corrected chi connectivity index (χ4v) is 8.23. The molecule has 0 saturated heterocycles. The summed E-state index contributed by atoms with van der Waals surface area (Å²) >= 11 is 0. The summed E-state index contributed by atoms with van der Waals surface area (Å²) in [6.07, 6.45) is 1.23. The Bertz CT molecular complexity index is 843. The molecule has 0 aliphatic carbocycles. The number of nitrogens with zero attached hydrogens (tertiary/aromatic N) is 2. The molecule has 1 heterocycles. The van der Waals surface area contributed by atoms with Crippen LogP contribution in [-0.4, -0.2) is 68.9 Å². The lowest BCUT2D eigenvalue weighted by Gasteiger charge is -2.45. The molecule has 1 amide bonds. The van der Waals surface area contributed by atoms with Crippen LogP contribution in [0.4, 0.5) is 4.11 Å². The molecule has 0 bridgehead atoms. The number of ether oxygens (including phenoxy) is 3. The summed E-state index contributed by atoms with van der Waals surface area (Å²) in [6.45, 7) is 10.1. The van der Waals surface area contributed by atoms with E-state index in [1.807, 2.05) is 41.5 Å². The van der Waals surface area contributed by atoms with E-state index in [1.165, 1.54) is 19.4 Å². The highest BCUT2D eigenvalue weighted by Crippen LogP contribution is 2.52. The van der Waals surface area contributed by atoms with Crippen LogP contribution in [0.25, 0.3) is 0 Å². The molecule has 1 aromatic heterocycles. The molecule has 0 radical (unpaired) electrons. The molecule has 2 N–H and O–H groups in total. The summed E-state index contributed by atoms with van der Waals surface area (Å²) in [4.78, 5) is 26.2. The van der Waals surface area contributed by atoms with E-state index in [-0.39, 0.29) is 29.6 Å². The normalized spacial score (nSPS) is 13.4. The molecule has 0 aliphatic rings. The molecule has 0 atom stereocenters. The molecule has 31 heavy (non-hydrogen) atoms. The van der Waals surface area contributed by atoms with Crippen LogP contribution in [0.1, 0.15) is 41.5 Å². The van der Waals surface area contributed by atoms with Gasteiger partial charge in [0, 0.05) is 11.3 Å². The Hall–Kier alpha value is -2.24. The van der Waals surface area contributed by atoms with Gasteiger partial charge in [0.15, 0.2) is 5.49 Å². The van der Waals surface area contributed by atoms with Crippen LogP contribution < -0.4 is 15.4 Å². The number of halogens is 1. The quantitative estimate of drug-likeness (QED) is 0.250. The number of rotatable bonds is 9. The number of amides is 1. The molecule has 0 aliphatic heterocycles. The first-order valence-corrected chi connectivity index (χ1v) is 11.7. The van der Waals surface area contributed by atoms with Crippen LogP contribution in [0.5, 0.6) is 5.75 Å². The van der Waals surface area contributed by atoms with Crippen LogP contribution in [0, 0.1) is 0 Å². The second-order valence-corrected chi connectivity index (χ2v) is 14.0. The number of aromatic nitrogens is 1. The van der Waals surface area contributed by atoms with Crippen molar-refractivity contribution in [3.8, 4) is 5.75 Å². The van der Waals surface area contributed by atoms with Crippen molar-refractivity contribution in [1.29, 1.82) is 0 Å². The van der Waals surface area contributed by atoms with Gasteiger partial charge < -0.3 is 28.6 Å². The Balaban J connectivity index is 3.15. The van der Waals surface area contributed by atoms with Crippen molar-refractivity contribution in [2.75, 3.05) is 33.5 Å². The van der Waals surface area contributed by atoms with Crippen LogP contribution in [0.3, 0.4) is 0 Å². The zero-order valence-electron chi connectivity index (χ0n) is 19.2. The largest absolute Gasteiger partial charge is 0.497 e. The first kappa shape index (κ1) is 26.8. The summed E-state index contributed by atoms with van der Waals surface area (Å²) in [6, 6.07) is 1.32. The molecule has 1 rings (SSSR count). The summed E-state index contributed by atoms with van der Waals surface area (Å²) < 4.78 is 32.5. The van der Waals surface area contributed by atoms with Gasteiger partial charge in [0.05, 0.1) is 26.5 Å². The van der Waals surface area contributed by atoms with Gasteiger partial charge in [-0.15, -0.1) is 0 Å². The van der Waals surface area contributed by atoms with Crippen LogP contribution >= 0.6 is 0 Å². The van der Waals surface area contributed by atoms with Gasteiger partial charge in [0.1, 0.15) is 19.0 Å². The fraction of sp³-hybridized carbons (Fsp3) is 0.650. The van der Waals surface area contributed by atoms with Gasteiger partial charge in [0.2, 0.25) is 0 Å². The zero-order chi connectivity index (χ0) is 24.0.